The molecule has 4 aromatic rings. The quantitative estimate of drug-likeness (QED) is 0.234. The number of aryl methyl sites for hydroxylation is 1. The van der Waals surface area contributed by atoms with E-state index in [-0.39, 0.29) is 0 Å². The molecular formula is C26H22O7. The zero-order valence-corrected chi connectivity index (χ0v) is 18.6. The Hall–Kier alpha value is -4.26. The molecule has 0 atom stereocenters. The number of rotatable bonds is 6. The van der Waals surface area contributed by atoms with Crippen molar-refractivity contribution in [2.75, 3.05) is 21.3 Å². The third-order valence-electron chi connectivity index (χ3n) is 5.33. The first-order valence-electron chi connectivity index (χ1n) is 10.1. The Bertz CT molecular complexity index is 1400. The van der Waals surface area contributed by atoms with Crippen molar-refractivity contribution in [1.29, 1.82) is 0 Å². The van der Waals surface area contributed by atoms with Gasteiger partial charge in [-0.1, -0.05) is 12.1 Å². The lowest BCUT2D eigenvalue weighted by Crippen LogP contribution is -2.09. The van der Waals surface area contributed by atoms with Gasteiger partial charge >= 0.3 is 11.6 Å². The van der Waals surface area contributed by atoms with Crippen molar-refractivity contribution in [3.05, 3.63) is 82.2 Å². The molecule has 0 aliphatic carbocycles. The van der Waals surface area contributed by atoms with Crippen LogP contribution in [0.4, 0.5) is 0 Å². The number of carbonyl (C=O) groups excluding carboxylic acids is 1. The van der Waals surface area contributed by atoms with Gasteiger partial charge in [-0.2, -0.15) is 0 Å². The maximum Gasteiger partial charge on any atom is 0.344 e. The molecule has 0 N–H and O–H groups in total. The van der Waals surface area contributed by atoms with Crippen LogP contribution in [0, 0.1) is 6.92 Å². The van der Waals surface area contributed by atoms with Gasteiger partial charge in [-0.3, -0.25) is 0 Å². The molecule has 0 saturated carbocycles. The molecule has 0 aliphatic heterocycles. The van der Waals surface area contributed by atoms with Gasteiger partial charge in [-0.25, -0.2) is 9.59 Å². The summed E-state index contributed by atoms with van der Waals surface area (Å²) in [6.07, 6.45) is 0. The molecule has 0 fully saturated rings. The Kier molecular flexibility index (Phi) is 6.04. The van der Waals surface area contributed by atoms with E-state index in [1.807, 2.05) is 6.92 Å². The van der Waals surface area contributed by atoms with E-state index in [1.165, 1.54) is 14.2 Å². The minimum Gasteiger partial charge on any atom is -0.497 e. The lowest BCUT2D eigenvalue weighted by Gasteiger charge is -2.12. The summed E-state index contributed by atoms with van der Waals surface area (Å²) in [7, 11) is 4.60. The van der Waals surface area contributed by atoms with Gasteiger partial charge in [0.1, 0.15) is 17.1 Å². The molecule has 168 valence electrons. The van der Waals surface area contributed by atoms with E-state index in [2.05, 4.69) is 0 Å². The molecule has 0 aliphatic rings. The smallest absolute Gasteiger partial charge is 0.344 e. The second-order valence-corrected chi connectivity index (χ2v) is 7.24. The minimum absolute atomic E-state index is 0.325. The topological polar surface area (TPSA) is 84.2 Å². The van der Waals surface area contributed by atoms with Crippen molar-refractivity contribution in [2.24, 2.45) is 0 Å². The fourth-order valence-electron chi connectivity index (χ4n) is 3.64. The largest absolute Gasteiger partial charge is 0.497 e. The summed E-state index contributed by atoms with van der Waals surface area (Å²) < 4.78 is 26.9. The first-order chi connectivity index (χ1) is 15.9. The zero-order chi connectivity index (χ0) is 23.5. The maximum absolute atomic E-state index is 12.8. The first kappa shape index (κ1) is 22.0. The van der Waals surface area contributed by atoms with Crippen molar-refractivity contribution >= 4 is 16.9 Å². The third-order valence-corrected chi connectivity index (χ3v) is 5.33. The standard InChI is InChI=1S/C26H22O7/c1-15-20-14-19(32-25(27)17-6-5-7-18(12-17)29-2)9-11-21(20)33-26(28)24(15)16-8-10-22(30-3)23(13-16)31-4/h5-14H,1-4H3. The summed E-state index contributed by atoms with van der Waals surface area (Å²) in [5.41, 5.74) is 1.97. The van der Waals surface area contributed by atoms with Gasteiger partial charge in [0.2, 0.25) is 0 Å². The molecule has 7 nitrogen and oxygen atoms in total. The van der Waals surface area contributed by atoms with Gasteiger partial charge in [-0.15, -0.1) is 0 Å². The second-order valence-electron chi connectivity index (χ2n) is 7.24. The van der Waals surface area contributed by atoms with Crippen LogP contribution in [-0.4, -0.2) is 27.3 Å². The number of methoxy groups -OCH3 is 3. The highest BCUT2D eigenvalue weighted by Crippen LogP contribution is 2.34. The van der Waals surface area contributed by atoms with Crippen molar-refractivity contribution < 1.29 is 28.2 Å². The highest BCUT2D eigenvalue weighted by atomic mass is 16.5. The third kappa shape index (κ3) is 4.25. The number of fused-ring (bicyclic) bond motifs is 1. The summed E-state index contributed by atoms with van der Waals surface area (Å²) in [6.45, 7) is 1.82. The molecule has 0 spiro atoms. The average molecular weight is 446 g/mol. The van der Waals surface area contributed by atoms with Crippen LogP contribution in [0.2, 0.25) is 0 Å². The Labute approximate surface area is 190 Å². The molecule has 33 heavy (non-hydrogen) atoms. The molecule has 0 radical (unpaired) electrons. The summed E-state index contributed by atoms with van der Waals surface area (Å²) in [4.78, 5) is 25.4. The molecule has 1 heterocycles. The summed E-state index contributed by atoms with van der Waals surface area (Å²) in [5, 5.41) is 0.648. The predicted octanol–water partition coefficient (Wildman–Crippen LogP) is 5.01. The van der Waals surface area contributed by atoms with Gasteiger partial charge in [0, 0.05) is 5.39 Å². The van der Waals surface area contributed by atoms with Crippen LogP contribution >= 0.6 is 0 Å². The van der Waals surface area contributed by atoms with Gasteiger partial charge < -0.3 is 23.4 Å². The molecule has 0 saturated heterocycles. The number of esters is 1. The van der Waals surface area contributed by atoms with Crippen LogP contribution in [0.5, 0.6) is 23.0 Å². The van der Waals surface area contributed by atoms with Crippen LogP contribution in [0.15, 0.2) is 69.9 Å². The summed E-state index contributed by atoms with van der Waals surface area (Å²) in [5.74, 6) is 1.40. The molecule has 0 unspecified atom stereocenters. The van der Waals surface area contributed by atoms with Crippen LogP contribution in [0.3, 0.4) is 0 Å². The molecule has 7 heteroatoms. The monoisotopic (exact) mass is 446 g/mol. The van der Waals surface area contributed by atoms with Crippen molar-refractivity contribution in [3.8, 4) is 34.1 Å². The van der Waals surface area contributed by atoms with E-state index in [1.54, 1.807) is 67.8 Å². The molecule has 4 rings (SSSR count). The van der Waals surface area contributed by atoms with E-state index in [0.29, 0.717) is 56.2 Å². The molecule has 0 bridgehead atoms. The van der Waals surface area contributed by atoms with Crippen LogP contribution < -0.4 is 24.6 Å². The number of hydrogen-bond acceptors (Lipinski definition) is 7. The van der Waals surface area contributed by atoms with Crippen molar-refractivity contribution in [1.82, 2.24) is 0 Å². The second kappa shape index (κ2) is 9.08. The van der Waals surface area contributed by atoms with Gasteiger partial charge in [0.25, 0.3) is 0 Å². The van der Waals surface area contributed by atoms with E-state index in [4.69, 9.17) is 23.4 Å². The molecule has 0 amide bonds. The zero-order valence-electron chi connectivity index (χ0n) is 18.6. The van der Waals surface area contributed by atoms with Gasteiger partial charge in [0.05, 0.1) is 32.5 Å². The van der Waals surface area contributed by atoms with Crippen LogP contribution in [0.25, 0.3) is 22.1 Å². The lowest BCUT2D eigenvalue weighted by atomic mass is 9.99. The Morgan fingerprint density at radius 1 is 0.818 bits per heavy atom. The number of carbonyl (C=O) groups is 1. The summed E-state index contributed by atoms with van der Waals surface area (Å²) >= 11 is 0. The average Bonchev–Trinajstić information content (AvgIpc) is 2.84. The van der Waals surface area contributed by atoms with E-state index >= 15 is 0 Å². The number of hydrogen-bond donors (Lipinski definition) is 0. The number of ether oxygens (including phenoxy) is 4. The molecule has 3 aromatic carbocycles. The minimum atomic E-state index is -0.525. The lowest BCUT2D eigenvalue weighted by molar-refractivity contribution is 0.0734. The van der Waals surface area contributed by atoms with E-state index in [9.17, 15) is 9.59 Å². The fourth-order valence-corrected chi connectivity index (χ4v) is 3.64. The SMILES string of the molecule is COc1cccc(C(=O)Oc2ccc3oc(=O)c(-c4ccc(OC)c(OC)c4)c(C)c3c2)c1. The van der Waals surface area contributed by atoms with Crippen molar-refractivity contribution in [3.63, 3.8) is 0 Å². The van der Waals surface area contributed by atoms with Gasteiger partial charge in [0.15, 0.2) is 11.5 Å². The van der Waals surface area contributed by atoms with Gasteiger partial charge in [-0.05, 0) is 66.6 Å². The highest BCUT2D eigenvalue weighted by molar-refractivity contribution is 5.93. The predicted molar refractivity (Wildman–Crippen MR) is 124 cm³/mol. The maximum atomic E-state index is 12.8. The van der Waals surface area contributed by atoms with Crippen LogP contribution in [-0.2, 0) is 0 Å². The Balaban J connectivity index is 1.75. The fraction of sp³-hybridized carbons (Fsp3) is 0.154. The molecular weight excluding hydrogens is 424 g/mol. The van der Waals surface area contributed by atoms with E-state index < -0.39 is 11.6 Å². The summed E-state index contributed by atoms with van der Waals surface area (Å²) in [6, 6.07) is 16.8. The number of benzene rings is 3. The van der Waals surface area contributed by atoms with E-state index in [0.717, 1.165) is 0 Å². The van der Waals surface area contributed by atoms with Crippen LogP contribution in [0.1, 0.15) is 15.9 Å². The molecule has 1 aromatic heterocycles. The highest BCUT2D eigenvalue weighted by Gasteiger charge is 2.17. The normalized spacial score (nSPS) is 10.7. The Morgan fingerprint density at radius 2 is 1.61 bits per heavy atom. The first-order valence-corrected chi connectivity index (χ1v) is 10.1. The van der Waals surface area contributed by atoms with Crippen molar-refractivity contribution in [2.45, 2.75) is 6.92 Å². The Morgan fingerprint density at radius 3 is 2.33 bits per heavy atom.